The molecule has 0 fully saturated rings. The summed E-state index contributed by atoms with van der Waals surface area (Å²) in [7, 11) is 0. The fraction of sp³-hybridized carbons (Fsp3) is 0.120. The molecule has 4 nitrogen and oxygen atoms in total. The van der Waals surface area contributed by atoms with Gasteiger partial charge in [-0.2, -0.15) is 5.26 Å². The van der Waals surface area contributed by atoms with Crippen LogP contribution in [0.1, 0.15) is 22.3 Å². The molecule has 0 spiro atoms. The van der Waals surface area contributed by atoms with Crippen LogP contribution in [0.3, 0.4) is 0 Å². The molecule has 0 bridgehead atoms. The van der Waals surface area contributed by atoms with E-state index in [2.05, 4.69) is 42.4 Å². The predicted molar refractivity (Wildman–Crippen MR) is 117 cm³/mol. The van der Waals surface area contributed by atoms with Crippen molar-refractivity contribution in [2.45, 2.75) is 20.8 Å². The maximum Gasteiger partial charge on any atom is 0.130 e. The average Bonchev–Trinajstić information content (AvgIpc) is 2.72. The van der Waals surface area contributed by atoms with E-state index in [0.29, 0.717) is 5.56 Å². The molecule has 1 aromatic heterocycles. The van der Waals surface area contributed by atoms with E-state index < -0.39 is 0 Å². The Kier molecular flexibility index (Phi) is 4.88. The van der Waals surface area contributed by atoms with Crippen LogP contribution in [-0.2, 0) is 0 Å². The maximum atomic E-state index is 9.56. The van der Waals surface area contributed by atoms with Crippen molar-refractivity contribution in [3.63, 3.8) is 0 Å². The lowest BCUT2D eigenvalue weighted by Crippen LogP contribution is -1.98. The predicted octanol–water partition coefficient (Wildman–Crippen LogP) is 6.57. The van der Waals surface area contributed by atoms with E-state index in [9.17, 15) is 5.26 Å². The third-order valence-corrected chi connectivity index (χ3v) is 5.05. The number of nitrogens with one attached hydrogen (secondary N) is 1. The lowest BCUT2D eigenvalue weighted by molar-refractivity contribution is 0.479. The Balaban J connectivity index is 1.66. The minimum atomic E-state index is 0.515. The van der Waals surface area contributed by atoms with Crippen molar-refractivity contribution < 1.29 is 4.74 Å². The van der Waals surface area contributed by atoms with Crippen LogP contribution in [0, 0.1) is 32.1 Å². The van der Waals surface area contributed by atoms with Crippen LogP contribution >= 0.6 is 0 Å². The summed E-state index contributed by atoms with van der Waals surface area (Å²) in [6, 6.07) is 22.0. The summed E-state index contributed by atoms with van der Waals surface area (Å²) >= 11 is 0. The van der Waals surface area contributed by atoms with Crippen LogP contribution in [0.15, 0.2) is 66.9 Å². The van der Waals surface area contributed by atoms with Gasteiger partial charge in [0.2, 0.25) is 0 Å². The van der Waals surface area contributed by atoms with Crippen molar-refractivity contribution in [3.05, 3.63) is 89.1 Å². The Morgan fingerprint density at radius 1 is 0.897 bits per heavy atom. The van der Waals surface area contributed by atoms with Crippen LogP contribution in [0.2, 0.25) is 0 Å². The van der Waals surface area contributed by atoms with Gasteiger partial charge < -0.3 is 10.1 Å². The molecule has 0 aliphatic carbocycles. The smallest absolute Gasteiger partial charge is 0.130 e. The quantitative estimate of drug-likeness (QED) is 0.436. The number of aryl methyl sites for hydroxylation is 3. The number of anilines is 2. The first kappa shape index (κ1) is 18.5. The van der Waals surface area contributed by atoms with Crippen LogP contribution in [-0.4, -0.2) is 4.98 Å². The molecule has 0 atom stereocenters. The molecule has 1 heterocycles. The number of hydrogen-bond donors (Lipinski definition) is 1. The van der Waals surface area contributed by atoms with Gasteiger partial charge in [0.15, 0.2) is 0 Å². The normalized spacial score (nSPS) is 10.6. The van der Waals surface area contributed by atoms with Crippen molar-refractivity contribution in [3.8, 4) is 17.6 Å². The number of ether oxygens (including phenoxy) is 1. The zero-order valence-electron chi connectivity index (χ0n) is 16.7. The summed E-state index contributed by atoms with van der Waals surface area (Å²) in [4.78, 5) is 4.44. The Hall–Kier alpha value is -3.84. The fourth-order valence-corrected chi connectivity index (χ4v) is 3.22. The number of para-hydroxylation sites is 1. The topological polar surface area (TPSA) is 57.9 Å². The van der Waals surface area contributed by atoms with Gasteiger partial charge in [0.1, 0.15) is 17.6 Å². The monoisotopic (exact) mass is 379 g/mol. The molecule has 0 aliphatic rings. The van der Waals surface area contributed by atoms with Gasteiger partial charge in [-0.25, -0.2) is 0 Å². The molecule has 3 aromatic carbocycles. The molecule has 0 radical (unpaired) electrons. The highest BCUT2D eigenvalue weighted by Gasteiger charge is 2.11. The summed E-state index contributed by atoms with van der Waals surface area (Å²) in [6.45, 7) is 6.15. The lowest BCUT2D eigenvalue weighted by atomic mass is 10.0. The van der Waals surface area contributed by atoms with E-state index >= 15 is 0 Å². The Labute approximate surface area is 170 Å². The van der Waals surface area contributed by atoms with Gasteiger partial charge in [0, 0.05) is 17.3 Å². The van der Waals surface area contributed by atoms with Gasteiger partial charge in [-0.15, -0.1) is 0 Å². The summed E-state index contributed by atoms with van der Waals surface area (Å²) in [5, 5.41) is 13.9. The second-order valence-corrected chi connectivity index (χ2v) is 7.13. The van der Waals surface area contributed by atoms with E-state index in [-0.39, 0.29) is 0 Å². The number of nitriles is 1. The first-order chi connectivity index (χ1) is 14.0. The van der Waals surface area contributed by atoms with Crippen molar-refractivity contribution in [2.24, 2.45) is 0 Å². The molecule has 0 saturated carbocycles. The second kappa shape index (κ2) is 7.65. The van der Waals surface area contributed by atoms with E-state index in [0.717, 1.165) is 39.3 Å². The molecule has 0 unspecified atom stereocenters. The van der Waals surface area contributed by atoms with Crippen molar-refractivity contribution in [1.82, 2.24) is 4.98 Å². The molecule has 0 aliphatic heterocycles. The molecule has 29 heavy (non-hydrogen) atoms. The number of rotatable bonds is 4. The maximum absolute atomic E-state index is 9.56. The van der Waals surface area contributed by atoms with Crippen LogP contribution in [0.5, 0.6) is 11.5 Å². The Morgan fingerprint density at radius 2 is 1.62 bits per heavy atom. The van der Waals surface area contributed by atoms with E-state index in [1.165, 1.54) is 11.1 Å². The zero-order chi connectivity index (χ0) is 20.4. The first-order valence-electron chi connectivity index (χ1n) is 9.46. The lowest BCUT2D eigenvalue weighted by Gasteiger charge is -2.14. The number of hydrogen-bond acceptors (Lipinski definition) is 4. The van der Waals surface area contributed by atoms with Gasteiger partial charge in [-0.1, -0.05) is 18.2 Å². The second-order valence-electron chi connectivity index (χ2n) is 7.13. The highest BCUT2D eigenvalue weighted by Crippen LogP contribution is 2.32. The molecular weight excluding hydrogens is 358 g/mol. The van der Waals surface area contributed by atoms with Crippen LogP contribution < -0.4 is 10.1 Å². The minimum absolute atomic E-state index is 0.515. The molecule has 0 amide bonds. The highest BCUT2D eigenvalue weighted by atomic mass is 16.5. The minimum Gasteiger partial charge on any atom is -0.457 e. The van der Waals surface area contributed by atoms with E-state index in [1.807, 2.05) is 55.5 Å². The van der Waals surface area contributed by atoms with E-state index in [1.54, 1.807) is 6.20 Å². The molecule has 1 N–H and O–H groups in total. The highest BCUT2D eigenvalue weighted by molar-refractivity contribution is 5.96. The van der Waals surface area contributed by atoms with Gasteiger partial charge in [0.05, 0.1) is 16.8 Å². The third kappa shape index (κ3) is 3.76. The molecular formula is C25H21N3O. The van der Waals surface area contributed by atoms with Gasteiger partial charge in [0.25, 0.3) is 0 Å². The number of pyridine rings is 1. The summed E-state index contributed by atoms with van der Waals surface area (Å²) in [6.07, 6.45) is 1.62. The van der Waals surface area contributed by atoms with E-state index in [4.69, 9.17) is 4.74 Å². The summed E-state index contributed by atoms with van der Waals surface area (Å²) < 4.78 is 5.97. The number of benzene rings is 3. The standard InChI is InChI=1S/C25H21N3O/c1-16-6-4-5-7-24(16)29-21-10-8-20(9-11-21)28-25-19(14-26)15-27-23-13-18(3)17(2)12-22(23)25/h4-13,15H,1-3H3,(H,27,28). The fourth-order valence-electron chi connectivity index (χ4n) is 3.22. The molecule has 4 rings (SSSR count). The molecule has 4 heteroatoms. The van der Waals surface area contributed by atoms with Crippen molar-refractivity contribution in [2.75, 3.05) is 5.32 Å². The third-order valence-electron chi connectivity index (χ3n) is 5.05. The molecule has 4 aromatic rings. The van der Waals surface area contributed by atoms with Crippen molar-refractivity contribution in [1.29, 1.82) is 5.26 Å². The number of aromatic nitrogens is 1. The molecule has 142 valence electrons. The Morgan fingerprint density at radius 3 is 2.34 bits per heavy atom. The SMILES string of the molecule is Cc1cc2ncc(C#N)c(Nc3ccc(Oc4ccccc4C)cc3)c2cc1C. The largest absolute Gasteiger partial charge is 0.457 e. The summed E-state index contributed by atoms with van der Waals surface area (Å²) in [5.41, 5.74) is 6.47. The average molecular weight is 379 g/mol. The van der Waals surface area contributed by atoms with Gasteiger partial charge in [-0.05, 0) is 79.9 Å². The van der Waals surface area contributed by atoms with Crippen LogP contribution in [0.4, 0.5) is 11.4 Å². The van der Waals surface area contributed by atoms with Crippen LogP contribution in [0.25, 0.3) is 10.9 Å². The van der Waals surface area contributed by atoms with Gasteiger partial charge >= 0.3 is 0 Å². The Bertz CT molecular complexity index is 1240. The first-order valence-corrected chi connectivity index (χ1v) is 9.46. The van der Waals surface area contributed by atoms with Gasteiger partial charge in [-0.3, -0.25) is 4.98 Å². The molecule has 0 saturated heterocycles. The zero-order valence-corrected chi connectivity index (χ0v) is 16.7. The van der Waals surface area contributed by atoms with Crippen molar-refractivity contribution >= 4 is 22.3 Å². The number of nitrogens with zero attached hydrogens (tertiary/aromatic N) is 2. The summed E-state index contributed by atoms with van der Waals surface area (Å²) in [5.74, 6) is 1.60. The number of fused-ring (bicyclic) bond motifs is 1.